The molecule has 88 valence electrons. The molecule has 1 aromatic rings. The molecule has 0 aromatic heterocycles. The highest BCUT2D eigenvalue weighted by Crippen LogP contribution is 2.38. The minimum Gasteiger partial charge on any atom is -0.492 e. The molecule has 0 saturated heterocycles. The number of nitrogens with one attached hydrogen (secondary N) is 1. The van der Waals surface area contributed by atoms with Gasteiger partial charge in [0.1, 0.15) is 5.75 Å². The zero-order valence-corrected chi connectivity index (χ0v) is 11.4. The van der Waals surface area contributed by atoms with E-state index in [0.29, 0.717) is 6.04 Å². The van der Waals surface area contributed by atoms with E-state index in [1.54, 1.807) is 0 Å². The van der Waals surface area contributed by atoms with E-state index in [9.17, 15) is 0 Å². The van der Waals surface area contributed by atoms with Crippen molar-refractivity contribution in [3.63, 3.8) is 0 Å². The van der Waals surface area contributed by atoms with Crippen LogP contribution in [-0.4, -0.2) is 13.2 Å². The summed E-state index contributed by atoms with van der Waals surface area (Å²) in [6.45, 7) is 6.08. The molecule has 2 rings (SSSR count). The molecule has 3 heteroatoms. The van der Waals surface area contributed by atoms with Gasteiger partial charge >= 0.3 is 0 Å². The number of ether oxygens (including phenoxy) is 1. The maximum atomic E-state index is 5.82. The second kappa shape index (κ2) is 5.19. The third kappa shape index (κ3) is 2.41. The normalized spacial score (nSPS) is 19.8. The van der Waals surface area contributed by atoms with E-state index in [1.807, 2.05) is 0 Å². The Labute approximate surface area is 106 Å². The van der Waals surface area contributed by atoms with E-state index >= 15 is 0 Å². The first-order valence-corrected chi connectivity index (χ1v) is 6.68. The van der Waals surface area contributed by atoms with Crippen LogP contribution in [0.25, 0.3) is 0 Å². The largest absolute Gasteiger partial charge is 0.492 e. The molecule has 0 saturated carbocycles. The van der Waals surface area contributed by atoms with Crippen molar-refractivity contribution in [2.75, 3.05) is 13.2 Å². The Bertz CT molecular complexity index is 378. The molecule has 0 bridgehead atoms. The number of fused-ring (bicyclic) bond motifs is 1. The highest BCUT2D eigenvalue weighted by molar-refractivity contribution is 9.10. The molecular formula is C13H18BrNO. The monoisotopic (exact) mass is 283 g/mol. The topological polar surface area (TPSA) is 21.3 Å². The predicted octanol–water partition coefficient (Wildman–Crippen LogP) is 3.58. The quantitative estimate of drug-likeness (QED) is 0.896. The van der Waals surface area contributed by atoms with Crippen molar-refractivity contribution in [2.24, 2.45) is 0 Å². The van der Waals surface area contributed by atoms with Gasteiger partial charge in [0.2, 0.25) is 0 Å². The Hall–Kier alpha value is -0.540. The predicted molar refractivity (Wildman–Crippen MR) is 70.0 cm³/mol. The molecule has 0 spiro atoms. The molecule has 0 fully saturated rings. The Kier molecular flexibility index (Phi) is 3.87. The summed E-state index contributed by atoms with van der Waals surface area (Å²) < 4.78 is 6.90. The molecule has 0 aliphatic carbocycles. The summed E-state index contributed by atoms with van der Waals surface area (Å²) in [7, 11) is 0. The lowest BCUT2D eigenvalue weighted by Crippen LogP contribution is -2.20. The molecular weight excluding hydrogens is 266 g/mol. The Morgan fingerprint density at radius 3 is 3.06 bits per heavy atom. The van der Waals surface area contributed by atoms with Crippen LogP contribution >= 0.6 is 15.9 Å². The third-order valence-corrected chi connectivity index (χ3v) is 3.52. The number of aryl methyl sites for hydroxylation is 1. The molecule has 0 radical (unpaired) electrons. The van der Waals surface area contributed by atoms with E-state index in [1.165, 1.54) is 11.1 Å². The van der Waals surface area contributed by atoms with Gasteiger partial charge in [0.25, 0.3) is 0 Å². The molecule has 16 heavy (non-hydrogen) atoms. The van der Waals surface area contributed by atoms with Crippen LogP contribution in [0, 0.1) is 6.92 Å². The van der Waals surface area contributed by atoms with Crippen LogP contribution < -0.4 is 10.1 Å². The van der Waals surface area contributed by atoms with Crippen LogP contribution in [0.15, 0.2) is 16.6 Å². The van der Waals surface area contributed by atoms with Crippen molar-refractivity contribution in [2.45, 2.75) is 32.7 Å². The van der Waals surface area contributed by atoms with Gasteiger partial charge in [-0.05, 0) is 53.9 Å². The maximum absolute atomic E-state index is 5.82. The van der Waals surface area contributed by atoms with Gasteiger partial charge in [-0.3, -0.25) is 0 Å². The summed E-state index contributed by atoms with van der Waals surface area (Å²) in [6.07, 6.45) is 2.26. The second-order valence-electron chi connectivity index (χ2n) is 4.27. The minimum atomic E-state index is 0.429. The van der Waals surface area contributed by atoms with Crippen LogP contribution in [-0.2, 0) is 0 Å². The smallest absolute Gasteiger partial charge is 0.138 e. The Morgan fingerprint density at radius 2 is 2.31 bits per heavy atom. The average Bonchev–Trinajstić information content (AvgIpc) is 2.42. The number of hydrogen-bond donors (Lipinski definition) is 1. The Morgan fingerprint density at radius 1 is 1.50 bits per heavy atom. The first kappa shape index (κ1) is 11.9. The summed E-state index contributed by atoms with van der Waals surface area (Å²) in [5, 5.41) is 3.53. The molecule has 1 N–H and O–H groups in total. The molecule has 1 unspecified atom stereocenters. The molecule has 1 heterocycles. The molecule has 0 amide bonds. The first-order chi connectivity index (χ1) is 7.72. The van der Waals surface area contributed by atoms with Crippen molar-refractivity contribution in [1.29, 1.82) is 0 Å². The summed E-state index contributed by atoms with van der Waals surface area (Å²) >= 11 is 3.59. The van der Waals surface area contributed by atoms with Crippen molar-refractivity contribution >= 4 is 15.9 Å². The van der Waals surface area contributed by atoms with Gasteiger partial charge in [-0.1, -0.05) is 13.0 Å². The second-order valence-corrected chi connectivity index (χ2v) is 5.12. The number of halogens is 1. The zero-order valence-electron chi connectivity index (χ0n) is 9.85. The average molecular weight is 284 g/mol. The van der Waals surface area contributed by atoms with Gasteiger partial charge in [-0.15, -0.1) is 0 Å². The fraction of sp³-hybridized carbons (Fsp3) is 0.538. The Balaban J connectivity index is 2.43. The van der Waals surface area contributed by atoms with Crippen LogP contribution in [0.3, 0.4) is 0 Å². The van der Waals surface area contributed by atoms with Gasteiger partial charge in [-0.25, -0.2) is 0 Å². The van der Waals surface area contributed by atoms with Crippen LogP contribution in [0.5, 0.6) is 5.75 Å². The lowest BCUT2D eigenvalue weighted by Gasteiger charge is -2.18. The van der Waals surface area contributed by atoms with Crippen LogP contribution in [0.2, 0.25) is 0 Å². The van der Waals surface area contributed by atoms with Crippen molar-refractivity contribution in [1.82, 2.24) is 5.32 Å². The summed E-state index contributed by atoms with van der Waals surface area (Å²) in [5.74, 6) is 1.02. The number of benzene rings is 1. The van der Waals surface area contributed by atoms with Gasteiger partial charge in [0, 0.05) is 11.6 Å². The van der Waals surface area contributed by atoms with Crippen LogP contribution in [0.4, 0.5) is 0 Å². The fourth-order valence-electron chi connectivity index (χ4n) is 2.24. The molecule has 1 aliphatic rings. The van der Waals surface area contributed by atoms with E-state index < -0.39 is 0 Å². The van der Waals surface area contributed by atoms with Gasteiger partial charge in [0.05, 0.1) is 11.1 Å². The number of hydrogen-bond acceptors (Lipinski definition) is 2. The van der Waals surface area contributed by atoms with E-state index in [2.05, 4.69) is 47.2 Å². The zero-order chi connectivity index (χ0) is 11.5. The SMILES string of the molecule is CCNC1CCCOc2c(Br)cc(C)cc21. The fourth-order valence-corrected chi connectivity index (χ4v) is 2.95. The van der Waals surface area contributed by atoms with E-state index in [-0.39, 0.29) is 0 Å². The van der Waals surface area contributed by atoms with E-state index in [0.717, 1.165) is 36.2 Å². The highest BCUT2D eigenvalue weighted by atomic mass is 79.9. The molecule has 1 atom stereocenters. The van der Waals surface area contributed by atoms with Gasteiger partial charge in [-0.2, -0.15) is 0 Å². The van der Waals surface area contributed by atoms with Gasteiger partial charge in [0.15, 0.2) is 0 Å². The van der Waals surface area contributed by atoms with Gasteiger partial charge < -0.3 is 10.1 Å². The summed E-state index contributed by atoms with van der Waals surface area (Å²) in [6, 6.07) is 4.78. The molecule has 1 aliphatic heterocycles. The first-order valence-electron chi connectivity index (χ1n) is 5.88. The third-order valence-electron chi connectivity index (χ3n) is 2.93. The molecule has 2 nitrogen and oxygen atoms in total. The highest BCUT2D eigenvalue weighted by Gasteiger charge is 2.21. The van der Waals surface area contributed by atoms with E-state index in [4.69, 9.17) is 4.74 Å². The summed E-state index contributed by atoms with van der Waals surface area (Å²) in [5.41, 5.74) is 2.57. The van der Waals surface area contributed by atoms with Crippen LogP contribution in [0.1, 0.15) is 36.9 Å². The number of rotatable bonds is 2. The summed E-state index contributed by atoms with van der Waals surface area (Å²) in [4.78, 5) is 0. The van der Waals surface area contributed by atoms with Crippen molar-refractivity contribution in [3.05, 3.63) is 27.7 Å². The van der Waals surface area contributed by atoms with Crippen molar-refractivity contribution < 1.29 is 4.74 Å². The lowest BCUT2D eigenvalue weighted by atomic mass is 10.00. The maximum Gasteiger partial charge on any atom is 0.138 e. The lowest BCUT2D eigenvalue weighted by molar-refractivity contribution is 0.313. The molecule has 1 aromatic carbocycles. The standard InChI is InChI=1S/C13H18BrNO/c1-3-15-12-5-4-6-16-13-10(12)7-9(2)8-11(13)14/h7-8,12,15H,3-6H2,1-2H3. The minimum absolute atomic E-state index is 0.429. The van der Waals surface area contributed by atoms with Crippen molar-refractivity contribution in [3.8, 4) is 5.75 Å².